The number of hydrogen-bond donors (Lipinski definition) is 5. The topological polar surface area (TPSA) is 142 Å². The predicted octanol–water partition coefficient (Wildman–Crippen LogP) is -2.32. The summed E-state index contributed by atoms with van der Waals surface area (Å²) in [5.74, 6) is 0.0403. The Morgan fingerprint density at radius 2 is 2.10 bits per heavy atom. The highest BCUT2D eigenvalue weighted by Gasteiger charge is 2.36. The summed E-state index contributed by atoms with van der Waals surface area (Å²) in [5.41, 5.74) is 11.4. The zero-order chi connectivity index (χ0) is 15.3. The predicted molar refractivity (Wildman–Crippen MR) is 77.8 cm³/mol. The van der Waals surface area contributed by atoms with Crippen molar-refractivity contribution in [3.05, 3.63) is 0 Å². The van der Waals surface area contributed by atoms with Crippen LogP contribution in [0.3, 0.4) is 0 Å². The standard InChI is InChI=1S/C10H25BN4O4S/c1-8(5-12)14-20(18,19)15-6-9(10(13)7-15)3-2-4-11(16)17/h8-10,14,16-17H,2-7,12-13H2,1H3/t8-,9+,10+/m1/s1. The van der Waals surface area contributed by atoms with Gasteiger partial charge in [0, 0.05) is 31.7 Å². The highest BCUT2D eigenvalue weighted by atomic mass is 32.2. The first kappa shape index (κ1) is 17.8. The van der Waals surface area contributed by atoms with Crippen molar-refractivity contribution in [3.8, 4) is 0 Å². The Hall–Kier alpha value is -0.225. The lowest BCUT2D eigenvalue weighted by Crippen LogP contribution is -2.46. The molecule has 118 valence electrons. The molecule has 7 N–H and O–H groups in total. The van der Waals surface area contributed by atoms with Gasteiger partial charge < -0.3 is 21.5 Å². The van der Waals surface area contributed by atoms with Crippen molar-refractivity contribution in [1.29, 1.82) is 0 Å². The van der Waals surface area contributed by atoms with Crippen molar-refractivity contribution in [2.45, 2.75) is 38.2 Å². The average Bonchev–Trinajstić information content (AvgIpc) is 2.71. The Balaban J connectivity index is 2.51. The first-order valence-electron chi connectivity index (χ1n) is 6.85. The van der Waals surface area contributed by atoms with Crippen LogP contribution in [0.25, 0.3) is 0 Å². The Bertz CT molecular complexity index is 395. The van der Waals surface area contributed by atoms with Crippen LogP contribution in [0.5, 0.6) is 0 Å². The molecule has 0 aliphatic carbocycles. The number of nitrogens with one attached hydrogen (secondary N) is 1. The summed E-state index contributed by atoms with van der Waals surface area (Å²) in [7, 11) is -4.87. The fourth-order valence-electron chi connectivity index (χ4n) is 2.30. The summed E-state index contributed by atoms with van der Waals surface area (Å²) in [5, 5.41) is 17.6. The largest absolute Gasteiger partial charge is 0.451 e. The van der Waals surface area contributed by atoms with Crippen molar-refractivity contribution < 1.29 is 18.5 Å². The molecule has 0 aromatic rings. The number of rotatable bonds is 8. The molecule has 0 radical (unpaired) electrons. The van der Waals surface area contributed by atoms with Gasteiger partial charge in [-0.15, -0.1) is 0 Å². The lowest BCUT2D eigenvalue weighted by Gasteiger charge is -2.19. The van der Waals surface area contributed by atoms with Crippen molar-refractivity contribution in [2.24, 2.45) is 17.4 Å². The molecule has 0 aromatic heterocycles. The monoisotopic (exact) mass is 308 g/mol. The lowest BCUT2D eigenvalue weighted by atomic mass is 9.82. The zero-order valence-corrected chi connectivity index (χ0v) is 12.6. The number of nitrogens with two attached hydrogens (primary N) is 2. The molecule has 1 heterocycles. The summed E-state index contributed by atoms with van der Waals surface area (Å²) in [6.07, 6.45) is 1.56. The Kier molecular flexibility index (Phi) is 6.85. The van der Waals surface area contributed by atoms with E-state index in [1.54, 1.807) is 6.92 Å². The molecule has 1 fully saturated rings. The second kappa shape index (κ2) is 7.69. The minimum atomic E-state index is -3.55. The van der Waals surface area contributed by atoms with E-state index in [9.17, 15) is 8.42 Å². The van der Waals surface area contributed by atoms with Gasteiger partial charge in [-0.25, -0.2) is 0 Å². The molecule has 3 atom stereocenters. The fraction of sp³-hybridized carbons (Fsp3) is 1.00. The highest BCUT2D eigenvalue weighted by Crippen LogP contribution is 2.23. The van der Waals surface area contributed by atoms with Gasteiger partial charge in [0.05, 0.1) is 0 Å². The van der Waals surface area contributed by atoms with Crippen LogP contribution in [-0.4, -0.2) is 61.6 Å². The van der Waals surface area contributed by atoms with Crippen LogP contribution in [0, 0.1) is 5.92 Å². The molecule has 8 nitrogen and oxygen atoms in total. The van der Waals surface area contributed by atoms with Gasteiger partial charge in [-0.1, -0.05) is 6.42 Å². The summed E-state index contributed by atoms with van der Waals surface area (Å²) in [6, 6.07) is -0.546. The normalized spacial score (nSPS) is 25.9. The van der Waals surface area contributed by atoms with Gasteiger partial charge >= 0.3 is 7.12 Å². The smallest absolute Gasteiger partial charge is 0.427 e. The third-order valence-electron chi connectivity index (χ3n) is 3.54. The van der Waals surface area contributed by atoms with Crippen LogP contribution in [0.1, 0.15) is 19.8 Å². The van der Waals surface area contributed by atoms with E-state index < -0.39 is 17.3 Å². The Morgan fingerprint density at radius 1 is 1.45 bits per heavy atom. The molecule has 1 rings (SSSR count). The molecular weight excluding hydrogens is 283 g/mol. The molecule has 0 spiro atoms. The first-order chi connectivity index (χ1) is 9.26. The maximum Gasteiger partial charge on any atom is 0.451 e. The molecule has 0 aromatic carbocycles. The second-order valence-electron chi connectivity index (χ2n) is 5.41. The molecule has 0 bridgehead atoms. The van der Waals surface area contributed by atoms with E-state index in [0.29, 0.717) is 19.4 Å². The summed E-state index contributed by atoms with van der Waals surface area (Å²) < 4.78 is 28.0. The molecule has 1 saturated heterocycles. The second-order valence-corrected chi connectivity index (χ2v) is 7.11. The molecule has 10 heteroatoms. The van der Waals surface area contributed by atoms with Crippen molar-refractivity contribution in [1.82, 2.24) is 9.03 Å². The van der Waals surface area contributed by atoms with Gasteiger partial charge in [0.1, 0.15) is 0 Å². The van der Waals surface area contributed by atoms with E-state index >= 15 is 0 Å². The van der Waals surface area contributed by atoms with E-state index in [2.05, 4.69) is 4.72 Å². The Morgan fingerprint density at radius 3 is 2.65 bits per heavy atom. The van der Waals surface area contributed by atoms with Crippen LogP contribution >= 0.6 is 0 Å². The third kappa shape index (κ3) is 5.28. The SMILES string of the molecule is C[C@H](CN)NS(=O)(=O)N1C[C@H](CCCB(O)O)[C@@H](N)C1. The van der Waals surface area contributed by atoms with E-state index in [1.807, 2.05) is 0 Å². The van der Waals surface area contributed by atoms with Gasteiger partial charge in [-0.3, -0.25) is 0 Å². The summed E-state index contributed by atoms with van der Waals surface area (Å²) in [6.45, 7) is 2.57. The van der Waals surface area contributed by atoms with Crippen LogP contribution in [0.4, 0.5) is 0 Å². The lowest BCUT2D eigenvalue weighted by molar-refractivity contribution is 0.390. The maximum atomic E-state index is 12.1. The van der Waals surface area contributed by atoms with Gasteiger partial charge in [0.15, 0.2) is 0 Å². The first-order valence-corrected chi connectivity index (χ1v) is 8.29. The van der Waals surface area contributed by atoms with Crippen molar-refractivity contribution >= 4 is 17.3 Å². The fourth-order valence-corrected chi connectivity index (χ4v) is 3.81. The number of nitrogens with zero attached hydrogens (tertiary/aromatic N) is 1. The zero-order valence-electron chi connectivity index (χ0n) is 11.8. The van der Waals surface area contributed by atoms with Gasteiger partial charge in [-0.2, -0.15) is 17.4 Å². The van der Waals surface area contributed by atoms with E-state index in [-0.39, 0.29) is 37.4 Å². The average molecular weight is 308 g/mol. The minimum Gasteiger partial charge on any atom is -0.427 e. The highest BCUT2D eigenvalue weighted by molar-refractivity contribution is 7.87. The van der Waals surface area contributed by atoms with Gasteiger partial charge in [-0.05, 0) is 25.6 Å². The van der Waals surface area contributed by atoms with Crippen LogP contribution < -0.4 is 16.2 Å². The van der Waals surface area contributed by atoms with Crippen molar-refractivity contribution in [2.75, 3.05) is 19.6 Å². The summed E-state index contributed by atoms with van der Waals surface area (Å²) >= 11 is 0. The van der Waals surface area contributed by atoms with E-state index in [0.717, 1.165) is 0 Å². The van der Waals surface area contributed by atoms with E-state index in [4.69, 9.17) is 21.5 Å². The molecule has 20 heavy (non-hydrogen) atoms. The molecule has 0 unspecified atom stereocenters. The van der Waals surface area contributed by atoms with Crippen LogP contribution in [0.2, 0.25) is 6.32 Å². The number of hydrogen-bond acceptors (Lipinski definition) is 6. The molecule has 1 aliphatic rings. The summed E-state index contributed by atoms with van der Waals surface area (Å²) in [4.78, 5) is 0. The third-order valence-corrected chi connectivity index (χ3v) is 5.22. The molecule has 0 amide bonds. The van der Waals surface area contributed by atoms with Crippen molar-refractivity contribution in [3.63, 3.8) is 0 Å². The molecule has 1 aliphatic heterocycles. The molecule has 0 saturated carbocycles. The van der Waals surface area contributed by atoms with Crippen LogP contribution in [-0.2, 0) is 10.2 Å². The molecular formula is C10H25BN4O4S. The quantitative estimate of drug-likeness (QED) is 0.319. The minimum absolute atomic E-state index is 0.0403. The van der Waals surface area contributed by atoms with Gasteiger partial charge in [0.2, 0.25) is 0 Å². The van der Waals surface area contributed by atoms with Gasteiger partial charge in [0.25, 0.3) is 10.2 Å². The van der Waals surface area contributed by atoms with Crippen LogP contribution in [0.15, 0.2) is 0 Å². The maximum absolute atomic E-state index is 12.1. The Labute approximate surface area is 120 Å². The van der Waals surface area contributed by atoms with E-state index in [1.165, 1.54) is 4.31 Å².